The number of aliphatic hydroxyl groups is 1. The molecular weight excluding hydrogens is 360 g/mol. The van der Waals surface area contributed by atoms with Gasteiger partial charge in [0.25, 0.3) is 0 Å². The fraction of sp³-hybridized carbons (Fsp3) is 0.524. The Balaban J connectivity index is 1.78. The zero-order valence-electron chi connectivity index (χ0n) is 16.5. The van der Waals surface area contributed by atoms with Gasteiger partial charge in [0.1, 0.15) is 11.6 Å². The minimum absolute atomic E-state index is 0.236. The first kappa shape index (κ1) is 20.1. The molecule has 2 aromatic rings. The molecule has 1 unspecified atom stereocenters. The van der Waals surface area contributed by atoms with E-state index in [9.17, 15) is 5.11 Å². The van der Waals surface area contributed by atoms with Gasteiger partial charge in [-0.1, -0.05) is 30.7 Å². The Morgan fingerprint density at radius 3 is 2.37 bits per heavy atom. The van der Waals surface area contributed by atoms with Crippen LogP contribution in [-0.2, 0) is 6.42 Å². The van der Waals surface area contributed by atoms with Crippen LogP contribution in [0, 0.1) is 13.8 Å². The van der Waals surface area contributed by atoms with Crippen molar-refractivity contribution in [1.29, 1.82) is 0 Å². The molecule has 5 nitrogen and oxygen atoms in total. The molecule has 1 N–H and O–H groups in total. The summed E-state index contributed by atoms with van der Waals surface area (Å²) in [6.45, 7) is 10.5. The molecule has 1 aromatic heterocycles. The summed E-state index contributed by atoms with van der Waals surface area (Å²) >= 11 is 6.02. The third kappa shape index (κ3) is 5.18. The lowest BCUT2D eigenvalue weighted by Gasteiger charge is -2.37. The number of nitrogens with zero attached hydrogens (tertiary/aromatic N) is 4. The molecule has 27 heavy (non-hydrogen) atoms. The van der Waals surface area contributed by atoms with Crippen LogP contribution in [0.4, 0.5) is 5.82 Å². The van der Waals surface area contributed by atoms with Crippen molar-refractivity contribution in [3.05, 3.63) is 51.9 Å². The van der Waals surface area contributed by atoms with Crippen LogP contribution in [0.2, 0.25) is 5.02 Å². The Bertz CT molecular complexity index is 758. The maximum Gasteiger partial charge on any atom is 0.136 e. The second kappa shape index (κ2) is 9.00. The standard InChI is InChI=1S/C21H29ClN4O/c1-4-19(27)14-25-9-11-26(12-10-25)21-20(15(2)23-16(3)24-21)13-17-5-7-18(22)8-6-17/h5-8,19,27H,4,9-14H2,1-3H3. The van der Waals surface area contributed by atoms with Crippen LogP contribution in [0.3, 0.4) is 0 Å². The number of anilines is 1. The molecule has 0 radical (unpaired) electrons. The van der Waals surface area contributed by atoms with Crippen LogP contribution in [0.5, 0.6) is 0 Å². The van der Waals surface area contributed by atoms with E-state index in [1.807, 2.05) is 26.0 Å². The van der Waals surface area contributed by atoms with Gasteiger partial charge in [0.05, 0.1) is 6.10 Å². The van der Waals surface area contributed by atoms with Crippen molar-refractivity contribution >= 4 is 17.4 Å². The van der Waals surface area contributed by atoms with Crippen molar-refractivity contribution in [1.82, 2.24) is 14.9 Å². The summed E-state index contributed by atoms with van der Waals surface area (Å²) in [6, 6.07) is 7.99. The highest BCUT2D eigenvalue weighted by Gasteiger charge is 2.23. The second-order valence-corrected chi connectivity index (χ2v) is 7.75. The predicted molar refractivity (Wildman–Crippen MR) is 111 cm³/mol. The van der Waals surface area contributed by atoms with Crippen LogP contribution in [0.15, 0.2) is 24.3 Å². The number of rotatable bonds is 6. The molecule has 1 aliphatic heterocycles. The minimum atomic E-state index is -0.236. The van der Waals surface area contributed by atoms with Gasteiger partial charge in [-0.25, -0.2) is 9.97 Å². The molecule has 1 atom stereocenters. The highest BCUT2D eigenvalue weighted by Crippen LogP contribution is 2.25. The van der Waals surface area contributed by atoms with E-state index in [-0.39, 0.29) is 6.10 Å². The van der Waals surface area contributed by atoms with E-state index >= 15 is 0 Å². The minimum Gasteiger partial charge on any atom is -0.392 e. The fourth-order valence-corrected chi connectivity index (χ4v) is 3.69. The highest BCUT2D eigenvalue weighted by atomic mass is 35.5. The van der Waals surface area contributed by atoms with Crippen LogP contribution in [0.1, 0.15) is 36.0 Å². The summed E-state index contributed by atoms with van der Waals surface area (Å²) in [7, 11) is 0. The van der Waals surface area contributed by atoms with Crippen molar-refractivity contribution in [2.45, 2.75) is 39.7 Å². The number of β-amino-alcohol motifs (C(OH)–C–C–N with tert-alkyl or cyclic N) is 1. The molecule has 0 bridgehead atoms. The van der Waals surface area contributed by atoms with Crippen molar-refractivity contribution in [3.8, 4) is 0 Å². The molecule has 0 aliphatic carbocycles. The van der Waals surface area contributed by atoms with Crippen molar-refractivity contribution in [2.24, 2.45) is 0 Å². The molecule has 146 valence electrons. The summed E-state index contributed by atoms with van der Waals surface area (Å²) in [5, 5.41) is 10.7. The number of aryl methyl sites for hydroxylation is 2. The zero-order valence-corrected chi connectivity index (χ0v) is 17.2. The Kier molecular flexibility index (Phi) is 6.68. The number of aliphatic hydroxyl groups excluding tert-OH is 1. The second-order valence-electron chi connectivity index (χ2n) is 7.31. The van der Waals surface area contributed by atoms with Crippen LogP contribution < -0.4 is 4.90 Å². The van der Waals surface area contributed by atoms with E-state index in [1.165, 1.54) is 11.1 Å². The number of piperazine rings is 1. The molecule has 1 saturated heterocycles. The predicted octanol–water partition coefficient (Wildman–Crippen LogP) is 3.23. The molecule has 6 heteroatoms. The topological polar surface area (TPSA) is 52.5 Å². The lowest BCUT2D eigenvalue weighted by Crippen LogP contribution is -2.49. The molecule has 1 aliphatic rings. The molecule has 3 rings (SSSR count). The summed E-state index contributed by atoms with van der Waals surface area (Å²) < 4.78 is 0. The molecule has 2 heterocycles. The van der Waals surface area contributed by atoms with Crippen molar-refractivity contribution in [3.63, 3.8) is 0 Å². The number of benzene rings is 1. The smallest absolute Gasteiger partial charge is 0.136 e. The van der Waals surface area contributed by atoms with Crippen molar-refractivity contribution < 1.29 is 5.11 Å². The maximum absolute atomic E-state index is 9.91. The average Bonchev–Trinajstić information content (AvgIpc) is 2.66. The number of hydrogen-bond donors (Lipinski definition) is 1. The molecule has 0 spiro atoms. The monoisotopic (exact) mass is 388 g/mol. The van der Waals surface area contributed by atoms with Crippen molar-refractivity contribution in [2.75, 3.05) is 37.6 Å². The lowest BCUT2D eigenvalue weighted by atomic mass is 10.0. The SMILES string of the molecule is CCC(O)CN1CCN(c2nc(C)nc(C)c2Cc2ccc(Cl)cc2)CC1. The normalized spacial score (nSPS) is 16.6. The quantitative estimate of drug-likeness (QED) is 0.823. The Morgan fingerprint density at radius 2 is 1.74 bits per heavy atom. The highest BCUT2D eigenvalue weighted by molar-refractivity contribution is 6.30. The van der Waals surface area contributed by atoms with E-state index < -0.39 is 0 Å². The Hall–Kier alpha value is -1.69. The number of halogens is 1. The fourth-order valence-electron chi connectivity index (χ4n) is 3.56. The first-order chi connectivity index (χ1) is 13.0. The van der Waals surface area contributed by atoms with Gasteiger partial charge in [-0.05, 0) is 38.0 Å². The summed E-state index contributed by atoms with van der Waals surface area (Å²) in [5.74, 6) is 1.86. The van der Waals surface area contributed by atoms with Crippen LogP contribution >= 0.6 is 11.6 Å². The van der Waals surface area contributed by atoms with Gasteiger partial charge in [-0.15, -0.1) is 0 Å². The largest absolute Gasteiger partial charge is 0.392 e. The van der Waals surface area contributed by atoms with Gasteiger partial charge in [0.2, 0.25) is 0 Å². The molecule has 1 fully saturated rings. The summed E-state index contributed by atoms with van der Waals surface area (Å²) in [5.41, 5.74) is 3.43. The zero-order chi connectivity index (χ0) is 19.4. The first-order valence-electron chi connectivity index (χ1n) is 9.70. The molecular formula is C21H29ClN4O. The first-order valence-corrected chi connectivity index (χ1v) is 10.1. The van der Waals surface area contributed by atoms with Crippen LogP contribution in [0.25, 0.3) is 0 Å². The third-order valence-corrected chi connectivity index (χ3v) is 5.46. The Morgan fingerprint density at radius 1 is 1.07 bits per heavy atom. The molecule has 0 amide bonds. The van der Waals surface area contributed by atoms with E-state index in [0.29, 0.717) is 0 Å². The van der Waals surface area contributed by atoms with E-state index in [2.05, 4.69) is 33.8 Å². The Labute approximate surface area is 167 Å². The lowest BCUT2D eigenvalue weighted by molar-refractivity contribution is 0.106. The van der Waals surface area contributed by atoms with Gasteiger partial charge in [-0.3, -0.25) is 4.90 Å². The van der Waals surface area contributed by atoms with Gasteiger partial charge in [0.15, 0.2) is 0 Å². The van der Waals surface area contributed by atoms with Gasteiger partial charge >= 0.3 is 0 Å². The number of hydrogen-bond acceptors (Lipinski definition) is 5. The van der Waals surface area contributed by atoms with E-state index in [4.69, 9.17) is 16.6 Å². The summed E-state index contributed by atoms with van der Waals surface area (Å²) in [6.07, 6.45) is 1.36. The average molecular weight is 389 g/mol. The maximum atomic E-state index is 9.91. The summed E-state index contributed by atoms with van der Waals surface area (Å²) in [4.78, 5) is 14.1. The third-order valence-electron chi connectivity index (χ3n) is 5.21. The molecule has 1 aromatic carbocycles. The van der Waals surface area contributed by atoms with E-state index in [1.54, 1.807) is 0 Å². The van der Waals surface area contributed by atoms with Gasteiger partial charge in [-0.2, -0.15) is 0 Å². The number of aromatic nitrogens is 2. The van der Waals surface area contributed by atoms with Gasteiger partial charge < -0.3 is 10.0 Å². The van der Waals surface area contributed by atoms with Gasteiger partial charge in [0, 0.05) is 55.4 Å². The molecule has 0 saturated carbocycles. The van der Waals surface area contributed by atoms with Crippen LogP contribution in [-0.4, -0.2) is 58.8 Å². The van der Waals surface area contributed by atoms with E-state index in [0.717, 1.165) is 67.9 Å².